The monoisotopic (exact) mass is 489 g/mol. The number of amides is 3. The van der Waals surface area contributed by atoms with Crippen LogP contribution >= 0.6 is 0 Å². The second-order valence-electron chi connectivity index (χ2n) is 8.78. The smallest absolute Gasteiger partial charge is 0.318 e. The van der Waals surface area contributed by atoms with Gasteiger partial charge in [-0.25, -0.2) is 4.79 Å². The molecule has 2 aliphatic rings. The van der Waals surface area contributed by atoms with Crippen LogP contribution in [0.3, 0.4) is 0 Å². The van der Waals surface area contributed by atoms with Gasteiger partial charge in [-0.05, 0) is 49.5 Å². The zero-order valence-electron chi connectivity index (χ0n) is 20.3. The predicted molar refractivity (Wildman–Crippen MR) is 136 cm³/mol. The minimum Gasteiger partial charge on any atom is -0.497 e. The first-order valence-corrected chi connectivity index (χ1v) is 11.6. The fourth-order valence-corrected chi connectivity index (χ4v) is 4.40. The third-order valence-electron chi connectivity index (χ3n) is 6.48. The van der Waals surface area contributed by atoms with Gasteiger partial charge < -0.3 is 34.9 Å². The van der Waals surface area contributed by atoms with Crippen molar-refractivity contribution in [3.05, 3.63) is 59.0 Å². The molecule has 0 radical (unpaired) electrons. The molecule has 0 unspecified atom stereocenters. The molecule has 3 aromatic rings. The minimum absolute atomic E-state index is 0.0956. The molecule has 2 aliphatic heterocycles. The van der Waals surface area contributed by atoms with Gasteiger partial charge in [0.25, 0.3) is 5.91 Å². The summed E-state index contributed by atoms with van der Waals surface area (Å²) in [5.41, 5.74) is 2.51. The number of allylic oxidation sites excluding steroid dienone is 1. The molecule has 0 spiro atoms. The molecule has 3 N–H and O–H groups in total. The molecule has 10 nitrogen and oxygen atoms in total. The van der Waals surface area contributed by atoms with Gasteiger partial charge in [0, 0.05) is 55.4 Å². The molecule has 2 aromatic carbocycles. The predicted octanol–water partition coefficient (Wildman–Crippen LogP) is 2.93. The zero-order valence-corrected chi connectivity index (χ0v) is 20.3. The second kappa shape index (κ2) is 9.38. The first-order valence-electron chi connectivity index (χ1n) is 11.6. The van der Waals surface area contributed by atoms with Crippen LogP contribution < -0.4 is 20.1 Å². The quantitative estimate of drug-likeness (QED) is 0.486. The van der Waals surface area contributed by atoms with Crippen molar-refractivity contribution in [1.82, 2.24) is 20.1 Å². The number of Topliss-reactive ketones (excluding diaryl/α,β-unsaturated/α-hetero) is 1. The van der Waals surface area contributed by atoms with Gasteiger partial charge in [-0.15, -0.1) is 0 Å². The van der Waals surface area contributed by atoms with Crippen molar-refractivity contribution in [2.75, 3.05) is 52.7 Å². The van der Waals surface area contributed by atoms with E-state index in [9.17, 15) is 14.4 Å². The van der Waals surface area contributed by atoms with Crippen LogP contribution in [0.2, 0.25) is 0 Å². The first kappa shape index (κ1) is 23.4. The average molecular weight is 490 g/mol. The number of ether oxygens (including phenoxy) is 2. The topological polar surface area (TPSA) is 116 Å². The van der Waals surface area contributed by atoms with Gasteiger partial charge in [-0.1, -0.05) is 0 Å². The highest BCUT2D eigenvalue weighted by Gasteiger charge is 2.30. The van der Waals surface area contributed by atoms with Crippen molar-refractivity contribution in [1.29, 1.82) is 0 Å². The average Bonchev–Trinajstić information content (AvgIpc) is 3.41. The molecule has 3 amide bonds. The SMILES string of the molecule is CNC(=O)Nc1ccc2c(c1)C(=O)/C(=C/c1c(C(=O)N3CCN(C)CC3)[nH]c3ccc(OC)cc13)O2. The summed E-state index contributed by atoms with van der Waals surface area (Å²) < 4.78 is 11.3. The number of anilines is 1. The molecule has 10 heteroatoms. The molecule has 0 atom stereocenters. The maximum Gasteiger partial charge on any atom is 0.318 e. The number of fused-ring (bicyclic) bond motifs is 2. The lowest BCUT2D eigenvalue weighted by Gasteiger charge is -2.32. The van der Waals surface area contributed by atoms with Gasteiger partial charge >= 0.3 is 6.03 Å². The van der Waals surface area contributed by atoms with Gasteiger partial charge in [0.2, 0.25) is 5.78 Å². The summed E-state index contributed by atoms with van der Waals surface area (Å²) >= 11 is 0. The molecule has 0 aliphatic carbocycles. The Morgan fingerprint density at radius 2 is 1.89 bits per heavy atom. The Kier molecular flexibility index (Phi) is 6.11. The molecule has 3 heterocycles. The van der Waals surface area contributed by atoms with Crippen molar-refractivity contribution in [3.8, 4) is 11.5 Å². The van der Waals surface area contributed by atoms with E-state index in [2.05, 4.69) is 20.5 Å². The number of hydrogen-bond acceptors (Lipinski definition) is 6. The van der Waals surface area contributed by atoms with Crippen LogP contribution in [0.4, 0.5) is 10.5 Å². The van der Waals surface area contributed by atoms with Gasteiger partial charge in [0.05, 0.1) is 12.7 Å². The number of aromatic nitrogens is 1. The molecule has 186 valence electrons. The van der Waals surface area contributed by atoms with Crippen LogP contribution in [0.15, 0.2) is 42.2 Å². The van der Waals surface area contributed by atoms with E-state index in [1.165, 1.54) is 7.05 Å². The number of aromatic amines is 1. The summed E-state index contributed by atoms with van der Waals surface area (Å²) in [6.07, 6.45) is 1.61. The van der Waals surface area contributed by atoms with E-state index in [1.54, 1.807) is 31.4 Å². The lowest BCUT2D eigenvalue weighted by molar-refractivity contribution is 0.0658. The number of hydrogen-bond donors (Lipinski definition) is 3. The Morgan fingerprint density at radius 1 is 1.11 bits per heavy atom. The molecule has 5 rings (SSSR count). The second-order valence-corrected chi connectivity index (χ2v) is 8.78. The number of nitrogens with zero attached hydrogens (tertiary/aromatic N) is 2. The molecule has 0 bridgehead atoms. The molecular weight excluding hydrogens is 462 g/mol. The Hall–Kier alpha value is -4.31. The summed E-state index contributed by atoms with van der Waals surface area (Å²) in [7, 11) is 5.12. The van der Waals surface area contributed by atoms with Gasteiger partial charge in [0.15, 0.2) is 5.76 Å². The van der Waals surface area contributed by atoms with Crippen molar-refractivity contribution < 1.29 is 23.9 Å². The normalized spacial score (nSPS) is 16.7. The van der Waals surface area contributed by atoms with Gasteiger partial charge in [-0.2, -0.15) is 0 Å². The lowest BCUT2D eigenvalue weighted by atomic mass is 10.1. The van der Waals surface area contributed by atoms with E-state index in [1.807, 2.05) is 30.1 Å². The maximum atomic E-state index is 13.5. The van der Waals surface area contributed by atoms with Crippen molar-refractivity contribution in [2.45, 2.75) is 0 Å². The third kappa shape index (κ3) is 4.27. The molecule has 1 aromatic heterocycles. The summed E-state index contributed by atoms with van der Waals surface area (Å²) in [6, 6.07) is 9.96. The van der Waals surface area contributed by atoms with Gasteiger partial charge in [0.1, 0.15) is 17.2 Å². The Balaban J connectivity index is 1.54. The number of carbonyl (C=O) groups excluding carboxylic acids is 3. The number of methoxy groups -OCH3 is 1. The van der Waals surface area contributed by atoms with Crippen LogP contribution in [0.1, 0.15) is 26.4 Å². The number of urea groups is 1. The number of ketones is 1. The number of rotatable bonds is 4. The van der Waals surface area contributed by atoms with E-state index >= 15 is 0 Å². The molecular formula is C26H27N5O5. The highest BCUT2D eigenvalue weighted by Crippen LogP contribution is 2.36. The van der Waals surface area contributed by atoms with Crippen LogP contribution in [-0.2, 0) is 0 Å². The number of nitrogens with one attached hydrogen (secondary N) is 3. The fraction of sp³-hybridized carbons (Fsp3) is 0.269. The maximum absolute atomic E-state index is 13.5. The van der Waals surface area contributed by atoms with Crippen LogP contribution in [0.25, 0.3) is 17.0 Å². The van der Waals surface area contributed by atoms with Crippen LogP contribution in [0.5, 0.6) is 11.5 Å². The van der Waals surface area contributed by atoms with Crippen LogP contribution in [-0.4, -0.2) is 79.9 Å². The highest BCUT2D eigenvalue weighted by molar-refractivity contribution is 6.17. The molecule has 1 saturated heterocycles. The number of likely N-dealkylation sites (N-methyl/N-ethyl adjacent to an activating group) is 1. The molecule has 36 heavy (non-hydrogen) atoms. The first-order chi connectivity index (χ1) is 17.4. The molecule has 0 saturated carbocycles. The highest BCUT2D eigenvalue weighted by atomic mass is 16.5. The Labute approximate surface area is 207 Å². The van der Waals surface area contributed by atoms with E-state index in [4.69, 9.17) is 9.47 Å². The summed E-state index contributed by atoms with van der Waals surface area (Å²) in [6.45, 7) is 2.82. The molecule has 1 fully saturated rings. The zero-order chi connectivity index (χ0) is 25.4. The summed E-state index contributed by atoms with van der Waals surface area (Å²) in [4.78, 5) is 45.7. The van der Waals surface area contributed by atoms with Crippen molar-refractivity contribution in [2.24, 2.45) is 0 Å². The van der Waals surface area contributed by atoms with E-state index < -0.39 is 6.03 Å². The standard InChI is InChI=1S/C26H27N5O5/c1-27-26(34)28-15-4-7-21-19(12-15)24(32)22(36-21)14-18-17-13-16(35-3)5-6-20(17)29-23(18)25(33)31-10-8-30(2)9-11-31/h4-7,12-14,29H,8-11H2,1-3H3,(H2,27,28,34)/b22-14-. The van der Waals surface area contributed by atoms with Gasteiger partial charge in [-0.3, -0.25) is 9.59 Å². The van der Waals surface area contributed by atoms with E-state index in [-0.39, 0.29) is 17.4 Å². The Bertz CT molecular complexity index is 1400. The van der Waals surface area contributed by atoms with Crippen molar-refractivity contribution >= 4 is 40.4 Å². The largest absolute Gasteiger partial charge is 0.497 e. The lowest BCUT2D eigenvalue weighted by Crippen LogP contribution is -2.47. The van der Waals surface area contributed by atoms with E-state index in [0.717, 1.165) is 24.0 Å². The summed E-state index contributed by atoms with van der Waals surface area (Å²) in [5, 5.41) is 5.87. The summed E-state index contributed by atoms with van der Waals surface area (Å²) in [5.74, 6) is 0.647. The number of benzene rings is 2. The van der Waals surface area contributed by atoms with Crippen molar-refractivity contribution in [3.63, 3.8) is 0 Å². The number of piperazine rings is 1. The van der Waals surface area contributed by atoms with E-state index in [0.29, 0.717) is 47.1 Å². The number of H-pyrrole nitrogens is 1. The Morgan fingerprint density at radius 3 is 2.61 bits per heavy atom. The fourth-order valence-electron chi connectivity index (χ4n) is 4.40. The third-order valence-corrected chi connectivity index (χ3v) is 6.48. The number of carbonyl (C=O) groups is 3. The van der Waals surface area contributed by atoms with Crippen LogP contribution in [0, 0.1) is 0 Å². The minimum atomic E-state index is -0.392.